The van der Waals surface area contributed by atoms with Crippen molar-refractivity contribution < 1.29 is 9.15 Å². The summed E-state index contributed by atoms with van der Waals surface area (Å²) in [5, 5.41) is 13.6. The van der Waals surface area contributed by atoms with E-state index in [9.17, 15) is 5.26 Å². The number of rotatable bonds is 7. The minimum absolute atomic E-state index is 0.152. The lowest BCUT2D eigenvalue weighted by Crippen LogP contribution is -2.37. The molecule has 0 amide bonds. The molecule has 1 aliphatic rings. The highest BCUT2D eigenvalue weighted by molar-refractivity contribution is 6.30. The van der Waals surface area contributed by atoms with Gasteiger partial charge in [0.2, 0.25) is 17.5 Å². The first-order valence-electron chi connectivity index (χ1n) is 10.5. The van der Waals surface area contributed by atoms with Crippen molar-refractivity contribution in [2.45, 2.75) is 25.3 Å². The number of nitrogens with one attached hydrogen (secondary N) is 1. The Kier molecular flexibility index (Phi) is 6.76. The zero-order valence-electron chi connectivity index (χ0n) is 17.5. The van der Waals surface area contributed by atoms with E-state index in [1.54, 1.807) is 7.11 Å². The number of piperidine rings is 1. The molecule has 0 radical (unpaired) electrons. The highest BCUT2D eigenvalue weighted by Gasteiger charge is 2.24. The minimum atomic E-state index is 0.152. The van der Waals surface area contributed by atoms with Crippen LogP contribution in [0.15, 0.2) is 52.9 Å². The van der Waals surface area contributed by atoms with Crippen molar-refractivity contribution in [3.05, 3.63) is 64.8 Å². The lowest BCUT2D eigenvalue weighted by atomic mass is 10.0. The van der Waals surface area contributed by atoms with Gasteiger partial charge in [0.05, 0.1) is 13.2 Å². The summed E-state index contributed by atoms with van der Waals surface area (Å²) in [6.45, 7) is 2.70. The maximum absolute atomic E-state index is 9.56. The Labute approximate surface area is 187 Å². The van der Waals surface area contributed by atoms with Crippen molar-refractivity contribution >= 4 is 17.5 Å². The predicted octanol–water partition coefficient (Wildman–Crippen LogP) is 5.51. The third-order valence-electron chi connectivity index (χ3n) is 5.61. The highest BCUT2D eigenvalue weighted by Crippen LogP contribution is 2.30. The van der Waals surface area contributed by atoms with Gasteiger partial charge in [-0.3, -0.25) is 4.90 Å². The number of nitrogens with zero attached hydrogens (tertiary/aromatic N) is 3. The van der Waals surface area contributed by atoms with Gasteiger partial charge in [0.15, 0.2) is 0 Å². The van der Waals surface area contributed by atoms with Crippen LogP contribution >= 0.6 is 11.6 Å². The molecule has 1 aliphatic heterocycles. The fraction of sp³-hybridized carbons (Fsp3) is 0.333. The van der Waals surface area contributed by atoms with Crippen LogP contribution in [0.3, 0.4) is 0 Å². The van der Waals surface area contributed by atoms with Crippen LogP contribution in [0.4, 0.5) is 5.88 Å². The van der Waals surface area contributed by atoms with Crippen LogP contribution in [-0.4, -0.2) is 36.6 Å². The molecule has 0 unspecified atom stereocenters. The van der Waals surface area contributed by atoms with Crippen LogP contribution in [0.25, 0.3) is 11.5 Å². The average Bonchev–Trinajstić information content (AvgIpc) is 3.24. The van der Waals surface area contributed by atoms with E-state index >= 15 is 0 Å². The molecule has 1 fully saturated rings. The van der Waals surface area contributed by atoms with Crippen LogP contribution in [0.5, 0.6) is 5.75 Å². The maximum atomic E-state index is 9.56. The van der Waals surface area contributed by atoms with Gasteiger partial charge in [-0.1, -0.05) is 30.2 Å². The van der Waals surface area contributed by atoms with Crippen molar-refractivity contribution in [3.63, 3.8) is 0 Å². The molecule has 1 aromatic heterocycles. The number of hydrogen-bond acceptors (Lipinski definition) is 6. The third kappa shape index (κ3) is 5.01. The molecule has 0 saturated carbocycles. The lowest BCUT2D eigenvalue weighted by Gasteiger charge is -2.35. The van der Waals surface area contributed by atoms with Crippen LogP contribution in [-0.2, 0) is 0 Å². The summed E-state index contributed by atoms with van der Waals surface area (Å²) in [5.41, 5.74) is 2.22. The van der Waals surface area contributed by atoms with E-state index in [1.165, 1.54) is 24.8 Å². The van der Waals surface area contributed by atoms with Crippen LogP contribution in [0.2, 0.25) is 5.02 Å². The first-order valence-corrected chi connectivity index (χ1v) is 10.8. The van der Waals surface area contributed by atoms with Crippen molar-refractivity contribution in [2.75, 3.05) is 32.1 Å². The van der Waals surface area contributed by atoms with Crippen LogP contribution in [0.1, 0.15) is 36.6 Å². The summed E-state index contributed by atoms with van der Waals surface area (Å²) in [4.78, 5) is 6.85. The molecule has 31 heavy (non-hydrogen) atoms. The zero-order valence-corrected chi connectivity index (χ0v) is 18.2. The molecule has 3 aromatic rings. The topological polar surface area (TPSA) is 74.3 Å². The van der Waals surface area contributed by atoms with E-state index in [2.05, 4.69) is 33.4 Å². The zero-order chi connectivity index (χ0) is 21.6. The largest absolute Gasteiger partial charge is 0.497 e. The second-order valence-electron chi connectivity index (χ2n) is 7.58. The number of methoxy groups -OCH3 is 1. The number of benzene rings is 2. The molecule has 0 aliphatic carbocycles. The van der Waals surface area contributed by atoms with Gasteiger partial charge in [-0.2, -0.15) is 10.2 Å². The quantitative estimate of drug-likeness (QED) is 0.526. The Morgan fingerprint density at radius 3 is 2.48 bits per heavy atom. The Hall–Kier alpha value is -3.01. The molecule has 160 valence electrons. The van der Waals surface area contributed by atoms with Crippen molar-refractivity contribution in [3.8, 4) is 23.3 Å². The van der Waals surface area contributed by atoms with Gasteiger partial charge in [0.1, 0.15) is 11.8 Å². The highest BCUT2D eigenvalue weighted by atomic mass is 35.5. The molecule has 6 nitrogen and oxygen atoms in total. The smallest absolute Gasteiger partial charge is 0.232 e. The van der Waals surface area contributed by atoms with Gasteiger partial charge in [0.25, 0.3) is 0 Å². The standard InChI is InChI=1S/C24H25ClN4O2/c1-30-20-11-7-18(8-12-20)23-28-21(15-26)24(31-23)27-16-22(29-13-3-2-4-14-29)17-5-9-19(25)10-6-17/h5-12,22,27H,2-4,13-14,16H2,1H3/t22-/m0/s1. The molecule has 1 N–H and O–H groups in total. The van der Waals surface area contributed by atoms with Gasteiger partial charge in [-0.15, -0.1) is 0 Å². The Balaban J connectivity index is 1.55. The number of ether oxygens (including phenoxy) is 1. The second kappa shape index (κ2) is 9.86. The minimum Gasteiger partial charge on any atom is -0.497 e. The van der Waals surface area contributed by atoms with E-state index < -0.39 is 0 Å². The Bertz CT molecular complexity index is 1030. The summed E-state index contributed by atoms with van der Waals surface area (Å²) in [7, 11) is 1.62. The van der Waals surface area contributed by atoms with Gasteiger partial charge in [-0.05, 0) is 67.9 Å². The van der Waals surface area contributed by atoms with Gasteiger partial charge >= 0.3 is 0 Å². The summed E-state index contributed by atoms with van der Waals surface area (Å²) < 4.78 is 11.1. The third-order valence-corrected chi connectivity index (χ3v) is 5.86. The molecule has 4 rings (SSSR count). The summed E-state index contributed by atoms with van der Waals surface area (Å²) >= 11 is 6.10. The van der Waals surface area contributed by atoms with E-state index in [0.29, 0.717) is 18.3 Å². The van der Waals surface area contributed by atoms with E-state index in [4.69, 9.17) is 20.8 Å². The molecule has 0 spiro atoms. The molecule has 1 atom stereocenters. The number of hydrogen-bond donors (Lipinski definition) is 1. The summed E-state index contributed by atoms with van der Waals surface area (Å²) in [6.07, 6.45) is 3.65. The number of halogens is 1. The van der Waals surface area contributed by atoms with Crippen molar-refractivity contribution in [1.82, 2.24) is 9.88 Å². The summed E-state index contributed by atoms with van der Waals surface area (Å²) in [5.74, 6) is 1.55. The molecular formula is C24H25ClN4O2. The fourth-order valence-electron chi connectivity index (χ4n) is 3.93. The average molecular weight is 437 g/mol. The van der Waals surface area contributed by atoms with E-state index in [1.807, 2.05) is 36.4 Å². The van der Waals surface area contributed by atoms with Crippen LogP contribution < -0.4 is 10.1 Å². The van der Waals surface area contributed by atoms with Crippen LogP contribution in [0, 0.1) is 11.3 Å². The molecule has 0 bridgehead atoms. The number of likely N-dealkylation sites (tertiary alicyclic amines) is 1. The van der Waals surface area contributed by atoms with Gasteiger partial charge < -0.3 is 14.5 Å². The monoisotopic (exact) mass is 436 g/mol. The maximum Gasteiger partial charge on any atom is 0.232 e. The molecule has 2 heterocycles. The first-order chi connectivity index (χ1) is 15.2. The molecule has 2 aromatic carbocycles. The van der Waals surface area contributed by atoms with Crippen molar-refractivity contribution in [2.24, 2.45) is 0 Å². The molecule has 1 saturated heterocycles. The lowest BCUT2D eigenvalue weighted by molar-refractivity contribution is 0.170. The Morgan fingerprint density at radius 2 is 1.84 bits per heavy atom. The number of oxazole rings is 1. The van der Waals surface area contributed by atoms with Gasteiger partial charge in [0, 0.05) is 17.1 Å². The van der Waals surface area contributed by atoms with Crippen molar-refractivity contribution in [1.29, 1.82) is 5.26 Å². The first kappa shape index (κ1) is 21.2. The predicted molar refractivity (Wildman–Crippen MR) is 121 cm³/mol. The van der Waals surface area contributed by atoms with Gasteiger partial charge in [-0.25, -0.2) is 0 Å². The summed E-state index contributed by atoms with van der Waals surface area (Å²) in [6, 6.07) is 17.7. The fourth-order valence-corrected chi connectivity index (χ4v) is 4.06. The van der Waals surface area contributed by atoms with E-state index in [-0.39, 0.29) is 11.7 Å². The molecular weight excluding hydrogens is 412 g/mol. The number of nitriles is 1. The Morgan fingerprint density at radius 1 is 1.13 bits per heavy atom. The second-order valence-corrected chi connectivity index (χ2v) is 8.02. The SMILES string of the molecule is COc1ccc(-c2nc(C#N)c(NC[C@@H](c3ccc(Cl)cc3)N3CCCCC3)o2)cc1. The van der Waals surface area contributed by atoms with E-state index in [0.717, 1.165) is 29.4 Å². The molecule has 7 heteroatoms. The number of anilines is 1. The normalized spacial score (nSPS) is 15.3. The number of aromatic nitrogens is 1.